The van der Waals surface area contributed by atoms with Gasteiger partial charge >= 0.3 is 5.97 Å². The Hall–Kier alpha value is -3.17. The van der Waals surface area contributed by atoms with Gasteiger partial charge in [0.1, 0.15) is 12.4 Å². The molecule has 1 amide bonds. The summed E-state index contributed by atoms with van der Waals surface area (Å²) in [7, 11) is -0.719. The number of hydrogen-bond acceptors (Lipinski definition) is 5. The van der Waals surface area contributed by atoms with Crippen molar-refractivity contribution in [3.63, 3.8) is 0 Å². The molecule has 1 saturated carbocycles. The molecule has 0 bridgehead atoms. The number of hydrogen-bond donors (Lipinski definition) is 1. The topological polar surface area (TPSA) is 97.5 Å². The lowest BCUT2D eigenvalue weighted by atomic mass is 10.0. The first-order valence-corrected chi connectivity index (χ1v) is 16.0. The molecule has 5 rings (SSSR count). The summed E-state index contributed by atoms with van der Waals surface area (Å²) < 4.78 is 7.50. The highest BCUT2D eigenvalue weighted by molar-refractivity contribution is 8.32. The zero-order valence-electron chi connectivity index (χ0n) is 22.7. The molecule has 2 aromatic heterocycles. The zero-order chi connectivity index (χ0) is 27.2. The van der Waals surface area contributed by atoms with Gasteiger partial charge in [0.2, 0.25) is 0 Å². The maximum Gasteiger partial charge on any atom is 0.354 e. The lowest BCUT2D eigenvalue weighted by Gasteiger charge is -2.24. The summed E-state index contributed by atoms with van der Waals surface area (Å²) in [6.45, 7) is 5.12. The van der Waals surface area contributed by atoms with Crippen molar-refractivity contribution in [2.45, 2.75) is 46.0 Å². The third kappa shape index (κ3) is 5.35. The van der Waals surface area contributed by atoms with Gasteiger partial charge in [-0.05, 0) is 92.3 Å². The van der Waals surface area contributed by atoms with Gasteiger partial charge in [0, 0.05) is 30.1 Å². The van der Waals surface area contributed by atoms with Crippen LogP contribution in [0.3, 0.4) is 0 Å². The first-order valence-electron chi connectivity index (χ1n) is 13.0. The van der Waals surface area contributed by atoms with Crippen LogP contribution in [0.25, 0.3) is 22.6 Å². The minimum absolute atomic E-state index is 0.0925. The minimum atomic E-state index is -1.05. The average molecular weight is 537 g/mol. The molecule has 1 fully saturated rings. The Bertz CT molecular complexity index is 1390. The number of fused-ring (bicyclic) bond motifs is 1. The van der Waals surface area contributed by atoms with Crippen molar-refractivity contribution in [2.24, 2.45) is 5.92 Å². The number of rotatable bonds is 10. The lowest BCUT2D eigenvalue weighted by Crippen LogP contribution is -2.34. The number of carboxylic acids is 1. The van der Waals surface area contributed by atoms with Crippen LogP contribution in [-0.4, -0.2) is 73.6 Å². The van der Waals surface area contributed by atoms with Gasteiger partial charge in [0.15, 0.2) is 11.5 Å². The summed E-state index contributed by atoms with van der Waals surface area (Å²) in [5.74, 6) is 1.09. The maximum absolute atomic E-state index is 13.0. The number of amides is 1. The molecule has 1 aromatic carbocycles. The van der Waals surface area contributed by atoms with E-state index in [1.54, 1.807) is 17.7 Å². The Morgan fingerprint density at radius 1 is 1.18 bits per heavy atom. The highest BCUT2D eigenvalue weighted by atomic mass is 32.3. The number of carbonyl (C=O) groups is 2. The van der Waals surface area contributed by atoms with Crippen LogP contribution < -0.4 is 0 Å². The van der Waals surface area contributed by atoms with Crippen molar-refractivity contribution >= 4 is 21.9 Å². The molecule has 1 aliphatic carbocycles. The molecule has 0 spiro atoms. The minimum Gasteiger partial charge on any atom is -0.477 e. The van der Waals surface area contributed by atoms with Crippen molar-refractivity contribution in [2.75, 3.05) is 31.1 Å². The smallest absolute Gasteiger partial charge is 0.354 e. The number of carboxylic acid groups (broad SMARTS) is 1. The third-order valence-corrected chi connectivity index (χ3v) is 8.85. The lowest BCUT2D eigenvalue weighted by molar-refractivity contribution is 0.0628. The predicted molar refractivity (Wildman–Crippen MR) is 151 cm³/mol. The van der Waals surface area contributed by atoms with E-state index in [9.17, 15) is 14.7 Å². The number of ether oxygens (including phenoxy) is 1. The quantitative estimate of drug-likeness (QED) is 0.365. The Labute approximate surface area is 225 Å². The summed E-state index contributed by atoms with van der Waals surface area (Å²) in [6.07, 6.45) is 10.8. The SMILES string of the molecule is Cc1nc(-c2cc(-c3ccc4c(c3)CN([C@@H](C)C3CC3)C4=O)ccn2)n(COCCS(C)(C)C)c1C(=O)O. The normalized spacial score (nSPS) is 16.6. The summed E-state index contributed by atoms with van der Waals surface area (Å²) >= 11 is 0. The van der Waals surface area contributed by atoms with E-state index in [1.807, 2.05) is 29.2 Å². The Kier molecular flexibility index (Phi) is 7.09. The van der Waals surface area contributed by atoms with Crippen LogP contribution in [-0.2, 0) is 18.0 Å². The van der Waals surface area contributed by atoms with Crippen LogP contribution in [0.2, 0.25) is 0 Å². The summed E-state index contributed by atoms with van der Waals surface area (Å²) in [4.78, 5) is 36.2. The highest BCUT2D eigenvalue weighted by Gasteiger charge is 2.38. The maximum atomic E-state index is 13.0. The standard InChI is InChI=1S/C29H36N4O4S/c1-18-26(29(35)36)33(17-37-12-13-38(3,4)5)27(31-18)25-15-22(10-11-30-25)21-8-9-24-23(14-21)16-32(28(24)34)19(2)20-6-7-20/h8-11,14-15,19-20H,6-7,12-13,16-17H2,1-5H3,(H,35,36)/t19-/m0/s1. The van der Waals surface area contributed by atoms with E-state index in [-0.39, 0.29) is 24.4 Å². The molecule has 9 heteroatoms. The number of carbonyl (C=O) groups excluding carboxylic acids is 1. The number of pyridine rings is 1. The van der Waals surface area contributed by atoms with E-state index < -0.39 is 16.0 Å². The molecule has 3 aromatic rings. The summed E-state index contributed by atoms with van der Waals surface area (Å²) in [5, 5.41) is 9.87. The van der Waals surface area contributed by atoms with Crippen molar-refractivity contribution in [3.05, 3.63) is 59.0 Å². The van der Waals surface area contributed by atoms with Crippen molar-refractivity contribution in [1.29, 1.82) is 0 Å². The monoisotopic (exact) mass is 536 g/mol. The van der Waals surface area contributed by atoms with Crippen LogP contribution in [0.4, 0.5) is 0 Å². The van der Waals surface area contributed by atoms with Crippen molar-refractivity contribution in [3.8, 4) is 22.6 Å². The first-order chi connectivity index (χ1) is 18.0. The summed E-state index contributed by atoms with van der Waals surface area (Å²) in [6, 6.07) is 10.1. The van der Waals surface area contributed by atoms with Gasteiger partial charge in [0.25, 0.3) is 5.91 Å². The second-order valence-electron chi connectivity index (χ2n) is 11.2. The van der Waals surface area contributed by atoms with E-state index in [1.165, 1.54) is 12.8 Å². The van der Waals surface area contributed by atoms with Gasteiger partial charge in [-0.3, -0.25) is 14.3 Å². The van der Waals surface area contributed by atoms with Crippen LogP contribution in [0.5, 0.6) is 0 Å². The van der Waals surface area contributed by atoms with E-state index >= 15 is 0 Å². The van der Waals surface area contributed by atoms with Gasteiger partial charge in [-0.1, -0.05) is 6.07 Å². The number of aromatic carboxylic acids is 1. The van der Waals surface area contributed by atoms with Crippen molar-refractivity contribution in [1.82, 2.24) is 19.4 Å². The van der Waals surface area contributed by atoms with E-state index in [2.05, 4.69) is 41.7 Å². The fourth-order valence-corrected chi connectivity index (χ4v) is 5.66. The third-order valence-electron chi connectivity index (χ3n) is 7.46. The van der Waals surface area contributed by atoms with Gasteiger partial charge in [0.05, 0.1) is 12.3 Å². The number of aromatic nitrogens is 3. The molecule has 8 nitrogen and oxygen atoms in total. The summed E-state index contributed by atoms with van der Waals surface area (Å²) in [5.41, 5.74) is 4.84. The van der Waals surface area contributed by atoms with E-state index in [4.69, 9.17) is 4.74 Å². The van der Waals surface area contributed by atoms with Crippen LogP contribution in [0.15, 0.2) is 36.5 Å². The van der Waals surface area contributed by atoms with Gasteiger partial charge in [-0.2, -0.15) is 0 Å². The molecule has 1 aliphatic heterocycles. The van der Waals surface area contributed by atoms with Gasteiger partial charge in [-0.25, -0.2) is 19.8 Å². The molecule has 202 valence electrons. The molecule has 1 N–H and O–H groups in total. The largest absolute Gasteiger partial charge is 0.477 e. The molecular weight excluding hydrogens is 500 g/mol. The number of nitrogens with zero attached hydrogens (tertiary/aromatic N) is 4. The average Bonchev–Trinajstić information content (AvgIpc) is 3.59. The first kappa shape index (κ1) is 26.4. The molecule has 38 heavy (non-hydrogen) atoms. The van der Waals surface area contributed by atoms with Crippen LogP contribution >= 0.6 is 10.0 Å². The molecule has 1 atom stereocenters. The van der Waals surface area contributed by atoms with E-state index in [0.717, 1.165) is 28.0 Å². The zero-order valence-corrected chi connectivity index (χ0v) is 23.5. The second kappa shape index (κ2) is 10.2. The fourth-order valence-electron chi connectivity index (χ4n) is 5.05. The fraction of sp³-hybridized carbons (Fsp3) is 0.448. The van der Waals surface area contributed by atoms with Gasteiger partial charge in [-0.15, -0.1) is 0 Å². The molecule has 3 heterocycles. The Morgan fingerprint density at radius 3 is 2.61 bits per heavy atom. The predicted octanol–water partition coefficient (Wildman–Crippen LogP) is 5.04. The van der Waals surface area contributed by atoms with Gasteiger partial charge < -0.3 is 14.7 Å². The number of imidazole rings is 1. The molecule has 0 unspecified atom stereocenters. The molecular formula is C29H36N4O4S. The number of aryl methyl sites for hydroxylation is 1. The van der Waals surface area contributed by atoms with Crippen LogP contribution in [0.1, 0.15) is 51.9 Å². The Morgan fingerprint density at radius 2 is 1.92 bits per heavy atom. The highest BCUT2D eigenvalue weighted by Crippen LogP contribution is 2.39. The van der Waals surface area contributed by atoms with Crippen molar-refractivity contribution < 1.29 is 19.4 Å². The Balaban J connectivity index is 1.43. The van der Waals surface area contributed by atoms with Crippen LogP contribution in [0, 0.1) is 12.8 Å². The molecule has 2 aliphatic rings. The van der Waals surface area contributed by atoms with E-state index in [0.29, 0.717) is 36.3 Å². The molecule has 0 saturated heterocycles. The molecule has 0 radical (unpaired) electrons. The second-order valence-corrected chi connectivity index (χ2v) is 15.8. The number of benzene rings is 1.